The van der Waals surface area contributed by atoms with Crippen LogP contribution in [0.15, 0.2) is 29.2 Å². The van der Waals surface area contributed by atoms with E-state index in [9.17, 15) is 8.42 Å². The Labute approximate surface area is 121 Å². The van der Waals surface area contributed by atoms with E-state index in [-0.39, 0.29) is 10.9 Å². The molecule has 2 rings (SSSR count). The summed E-state index contributed by atoms with van der Waals surface area (Å²) in [5, 5.41) is 8.63. The summed E-state index contributed by atoms with van der Waals surface area (Å²) in [6, 6.07) is 7.02. The van der Waals surface area contributed by atoms with Gasteiger partial charge in [-0.2, -0.15) is 0 Å². The van der Waals surface area contributed by atoms with Crippen LogP contribution < -0.4 is 10.5 Å². The van der Waals surface area contributed by atoms with E-state index in [1.165, 1.54) is 19.3 Å². The van der Waals surface area contributed by atoms with Crippen molar-refractivity contribution in [2.75, 3.05) is 6.54 Å². The first kappa shape index (κ1) is 15.5. The first-order chi connectivity index (χ1) is 9.36. The van der Waals surface area contributed by atoms with Crippen molar-refractivity contribution in [1.82, 2.24) is 5.32 Å². The van der Waals surface area contributed by atoms with Gasteiger partial charge in [-0.25, -0.2) is 13.6 Å². The molecule has 112 valence electrons. The summed E-state index contributed by atoms with van der Waals surface area (Å²) in [6.45, 7) is 5.45. The van der Waals surface area contributed by atoms with Gasteiger partial charge in [0.15, 0.2) is 0 Å². The van der Waals surface area contributed by atoms with Crippen LogP contribution >= 0.6 is 0 Å². The zero-order chi connectivity index (χ0) is 14.8. The minimum absolute atomic E-state index is 0.165. The van der Waals surface area contributed by atoms with Crippen molar-refractivity contribution in [3.8, 4) is 0 Å². The molecule has 0 spiro atoms. The Morgan fingerprint density at radius 3 is 2.45 bits per heavy atom. The fourth-order valence-electron chi connectivity index (χ4n) is 2.92. The van der Waals surface area contributed by atoms with Crippen LogP contribution in [0.5, 0.6) is 0 Å². The number of primary sulfonamides is 1. The van der Waals surface area contributed by atoms with E-state index in [0.717, 1.165) is 23.9 Å². The summed E-state index contributed by atoms with van der Waals surface area (Å²) in [4.78, 5) is 0.165. The van der Waals surface area contributed by atoms with Crippen LogP contribution in [-0.2, 0) is 10.0 Å². The van der Waals surface area contributed by atoms with Crippen molar-refractivity contribution < 1.29 is 8.42 Å². The number of benzene rings is 1. The van der Waals surface area contributed by atoms with Crippen molar-refractivity contribution in [3.63, 3.8) is 0 Å². The Morgan fingerprint density at radius 1 is 1.30 bits per heavy atom. The van der Waals surface area contributed by atoms with Crippen LogP contribution in [0.2, 0.25) is 0 Å². The van der Waals surface area contributed by atoms with Gasteiger partial charge in [0.05, 0.1) is 4.90 Å². The van der Waals surface area contributed by atoms with Gasteiger partial charge in [-0.1, -0.05) is 25.5 Å². The van der Waals surface area contributed by atoms with Crippen molar-refractivity contribution >= 4 is 10.0 Å². The minimum Gasteiger partial charge on any atom is -0.310 e. The Kier molecular flexibility index (Phi) is 4.83. The number of sulfonamides is 1. The predicted molar refractivity (Wildman–Crippen MR) is 80.7 cm³/mol. The molecule has 3 unspecified atom stereocenters. The molecule has 1 aliphatic carbocycles. The number of hydrogen-bond donors (Lipinski definition) is 2. The topological polar surface area (TPSA) is 72.2 Å². The SMILES string of the molecule is CC1CCC(CNC(C)c2ccc(S(N)(=O)=O)cc2)C1. The van der Waals surface area contributed by atoms with Gasteiger partial charge in [0.1, 0.15) is 0 Å². The Balaban J connectivity index is 1.91. The van der Waals surface area contributed by atoms with Crippen LogP contribution in [0.4, 0.5) is 0 Å². The summed E-state index contributed by atoms with van der Waals surface area (Å²) in [6.07, 6.45) is 3.96. The van der Waals surface area contributed by atoms with Gasteiger partial charge in [0, 0.05) is 6.04 Å². The molecule has 0 bridgehead atoms. The van der Waals surface area contributed by atoms with E-state index < -0.39 is 10.0 Å². The zero-order valence-electron chi connectivity index (χ0n) is 12.2. The van der Waals surface area contributed by atoms with Gasteiger partial charge in [-0.05, 0) is 55.8 Å². The lowest BCUT2D eigenvalue weighted by atomic mass is 10.0. The molecule has 0 aromatic heterocycles. The van der Waals surface area contributed by atoms with Gasteiger partial charge in [-0.15, -0.1) is 0 Å². The highest BCUT2D eigenvalue weighted by molar-refractivity contribution is 7.89. The van der Waals surface area contributed by atoms with E-state index in [4.69, 9.17) is 5.14 Å². The summed E-state index contributed by atoms with van der Waals surface area (Å²) >= 11 is 0. The molecule has 1 fully saturated rings. The summed E-state index contributed by atoms with van der Waals surface area (Å²) in [7, 11) is -3.60. The molecule has 3 atom stereocenters. The molecule has 0 heterocycles. The van der Waals surface area contributed by atoms with Gasteiger partial charge in [-0.3, -0.25) is 0 Å². The molecule has 3 N–H and O–H groups in total. The first-order valence-electron chi connectivity index (χ1n) is 7.22. The Hall–Kier alpha value is -0.910. The molecule has 1 saturated carbocycles. The molecular weight excluding hydrogens is 272 g/mol. The second kappa shape index (κ2) is 6.24. The van der Waals surface area contributed by atoms with Crippen LogP contribution in [0.25, 0.3) is 0 Å². The number of rotatable bonds is 5. The summed E-state index contributed by atoms with van der Waals surface area (Å²) < 4.78 is 22.4. The molecule has 1 aromatic rings. The number of hydrogen-bond acceptors (Lipinski definition) is 3. The van der Waals surface area contributed by atoms with Crippen LogP contribution in [-0.4, -0.2) is 15.0 Å². The van der Waals surface area contributed by atoms with Crippen molar-refractivity contribution in [1.29, 1.82) is 0 Å². The van der Waals surface area contributed by atoms with Crippen molar-refractivity contribution in [2.24, 2.45) is 17.0 Å². The van der Waals surface area contributed by atoms with Crippen LogP contribution in [0.1, 0.15) is 44.7 Å². The first-order valence-corrected chi connectivity index (χ1v) is 8.77. The van der Waals surface area contributed by atoms with E-state index in [2.05, 4.69) is 19.2 Å². The molecular formula is C15H24N2O2S. The molecule has 0 aliphatic heterocycles. The van der Waals surface area contributed by atoms with Crippen molar-refractivity contribution in [3.05, 3.63) is 29.8 Å². The van der Waals surface area contributed by atoms with Gasteiger partial charge < -0.3 is 5.32 Å². The normalized spacial score (nSPS) is 24.8. The van der Waals surface area contributed by atoms with Gasteiger partial charge in [0.25, 0.3) is 0 Å². The molecule has 1 aliphatic rings. The van der Waals surface area contributed by atoms with Crippen LogP contribution in [0.3, 0.4) is 0 Å². The lowest BCUT2D eigenvalue weighted by Gasteiger charge is -2.18. The Morgan fingerprint density at radius 2 is 1.95 bits per heavy atom. The smallest absolute Gasteiger partial charge is 0.238 e. The Bertz CT molecular complexity index is 539. The summed E-state index contributed by atoms with van der Waals surface area (Å²) in [5.41, 5.74) is 1.09. The lowest BCUT2D eigenvalue weighted by molar-refractivity contribution is 0.440. The van der Waals surface area contributed by atoms with E-state index in [0.29, 0.717) is 0 Å². The predicted octanol–water partition coefficient (Wildman–Crippen LogP) is 2.42. The maximum absolute atomic E-state index is 11.2. The standard InChI is InChI=1S/C15H24N2O2S/c1-11-3-4-13(9-11)10-17-12(2)14-5-7-15(8-6-14)20(16,18)19/h5-8,11-13,17H,3-4,9-10H2,1-2H3,(H2,16,18,19). The third-order valence-electron chi connectivity index (χ3n) is 4.22. The molecule has 5 heteroatoms. The number of nitrogens with two attached hydrogens (primary N) is 1. The van der Waals surface area contributed by atoms with Crippen molar-refractivity contribution in [2.45, 2.75) is 44.0 Å². The molecule has 20 heavy (non-hydrogen) atoms. The second-order valence-corrected chi connectivity index (χ2v) is 7.59. The molecule has 4 nitrogen and oxygen atoms in total. The van der Waals surface area contributed by atoms with E-state index in [1.54, 1.807) is 12.1 Å². The average molecular weight is 296 g/mol. The minimum atomic E-state index is -3.60. The highest BCUT2D eigenvalue weighted by Gasteiger charge is 2.21. The highest BCUT2D eigenvalue weighted by Crippen LogP contribution is 2.30. The molecule has 0 amide bonds. The van der Waals surface area contributed by atoms with E-state index >= 15 is 0 Å². The maximum atomic E-state index is 11.2. The monoisotopic (exact) mass is 296 g/mol. The molecule has 0 radical (unpaired) electrons. The third kappa shape index (κ3) is 4.04. The molecule has 0 saturated heterocycles. The zero-order valence-corrected chi connectivity index (χ0v) is 13.0. The fourth-order valence-corrected chi connectivity index (χ4v) is 3.43. The lowest BCUT2D eigenvalue weighted by Crippen LogP contribution is -2.24. The maximum Gasteiger partial charge on any atom is 0.238 e. The van der Waals surface area contributed by atoms with Gasteiger partial charge >= 0.3 is 0 Å². The van der Waals surface area contributed by atoms with Crippen LogP contribution in [0, 0.1) is 11.8 Å². The third-order valence-corrected chi connectivity index (χ3v) is 5.15. The average Bonchev–Trinajstić information content (AvgIpc) is 2.81. The quantitative estimate of drug-likeness (QED) is 0.876. The second-order valence-electron chi connectivity index (χ2n) is 6.03. The van der Waals surface area contributed by atoms with Gasteiger partial charge in [0.2, 0.25) is 10.0 Å². The highest BCUT2D eigenvalue weighted by atomic mass is 32.2. The summed E-state index contributed by atoms with van der Waals surface area (Å²) in [5.74, 6) is 1.63. The fraction of sp³-hybridized carbons (Fsp3) is 0.600. The van der Waals surface area contributed by atoms with E-state index in [1.807, 2.05) is 12.1 Å². The molecule has 1 aromatic carbocycles. The number of nitrogens with one attached hydrogen (secondary N) is 1. The largest absolute Gasteiger partial charge is 0.310 e.